The van der Waals surface area contributed by atoms with Gasteiger partial charge in [-0.05, 0) is 18.2 Å². The standard InChI is InChI=1S/C10H7NO3/c1-14-10(13)9-3-2-7(5-11)4-8(9)6-12/h2-4,6H,1H3. The lowest BCUT2D eigenvalue weighted by molar-refractivity contribution is 0.0598. The van der Waals surface area contributed by atoms with E-state index in [4.69, 9.17) is 5.26 Å². The van der Waals surface area contributed by atoms with Crippen molar-refractivity contribution in [1.82, 2.24) is 0 Å². The Morgan fingerprint density at radius 1 is 1.57 bits per heavy atom. The number of carbonyl (C=O) groups is 2. The number of rotatable bonds is 2. The Labute approximate surface area is 80.7 Å². The summed E-state index contributed by atoms with van der Waals surface area (Å²) in [5, 5.41) is 8.56. The maximum atomic E-state index is 11.1. The average Bonchev–Trinajstić information content (AvgIpc) is 2.27. The van der Waals surface area contributed by atoms with Gasteiger partial charge in [-0.25, -0.2) is 4.79 Å². The number of carbonyl (C=O) groups excluding carboxylic acids is 2. The molecule has 0 radical (unpaired) electrons. The molecular weight excluding hydrogens is 182 g/mol. The number of nitrogens with zero attached hydrogens (tertiary/aromatic N) is 1. The molecule has 0 aromatic heterocycles. The molecule has 1 rings (SSSR count). The summed E-state index contributed by atoms with van der Waals surface area (Å²) in [6, 6.07) is 6.08. The van der Waals surface area contributed by atoms with Crippen LogP contribution >= 0.6 is 0 Å². The number of methoxy groups -OCH3 is 1. The molecular formula is C10H7NO3. The van der Waals surface area contributed by atoms with E-state index in [1.165, 1.54) is 25.3 Å². The summed E-state index contributed by atoms with van der Waals surface area (Å²) in [4.78, 5) is 21.7. The normalized spacial score (nSPS) is 8.86. The van der Waals surface area contributed by atoms with Crippen LogP contribution in [-0.2, 0) is 4.74 Å². The molecule has 0 aliphatic heterocycles. The lowest BCUT2D eigenvalue weighted by atomic mass is 10.1. The van der Waals surface area contributed by atoms with Crippen LogP contribution in [-0.4, -0.2) is 19.4 Å². The van der Waals surface area contributed by atoms with Gasteiger partial charge in [0.25, 0.3) is 0 Å². The number of aldehydes is 1. The fraction of sp³-hybridized carbons (Fsp3) is 0.100. The van der Waals surface area contributed by atoms with Crippen molar-refractivity contribution in [3.05, 3.63) is 34.9 Å². The second-order valence-corrected chi connectivity index (χ2v) is 2.52. The largest absolute Gasteiger partial charge is 0.465 e. The van der Waals surface area contributed by atoms with Gasteiger partial charge in [0.2, 0.25) is 0 Å². The first-order valence-corrected chi connectivity index (χ1v) is 3.80. The second kappa shape index (κ2) is 4.19. The van der Waals surface area contributed by atoms with E-state index in [1.54, 1.807) is 0 Å². The highest BCUT2D eigenvalue weighted by molar-refractivity contribution is 5.98. The zero-order chi connectivity index (χ0) is 10.6. The maximum Gasteiger partial charge on any atom is 0.338 e. The Kier molecular flexibility index (Phi) is 2.97. The van der Waals surface area contributed by atoms with E-state index in [9.17, 15) is 9.59 Å². The Morgan fingerprint density at radius 2 is 2.29 bits per heavy atom. The minimum absolute atomic E-state index is 0.163. The van der Waals surface area contributed by atoms with Crippen molar-refractivity contribution >= 4 is 12.3 Å². The van der Waals surface area contributed by atoms with E-state index in [-0.39, 0.29) is 11.1 Å². The maximum absolute atomic E-state index is 11.1. The topological polar surface area (TPSA) is 67.2 Å². The molecule has 0 amide bonds. The molecule has 4 nitrogen and oxygen atoms in total. The Morgan fingerprint density at radius 3 is 2.79 bits per heavy atom. The molecule has 0 aliphatic carbocycles. The van der Waals surface area contributed by atoms with Crippen LogP contribution in [0, 0.1) is 11.3 Å². The van der Waals surface area contributed by atoms with Gasteiger partial charge in [0.1, 0.15) is 0 Å². The molecule has 1 aromatic carbocycles. The molecule has 0 fully saturated rings. The van der Waals surface area contributed by atoms with Crippen molar-refractivity contribution in [3.8, 4) is 6.07 Å². The van der Waals surface area contributed by atoms with Crippen molar-refractivity contribution in [2.45, 2.75) is 0 Å². The number of nitriles is 1. The smallest absolute Gasteiger partial charge is 0.338 e. The summed E-state index contributed by atoms with van der Waals surface area (Å²) in [5.41, 5.74) is 0.664. The highest BCUT2D eigenvalue weighted by atomic mass is 16.5. The van der Waals surface area contributed by atoms with Crippen molar-refractivity contribution in [2.24, 2.45) is 0 Å². The van der Waals surface area contributed by atoms with Crippen LogP contribution in [0.25, 0.3) is 0 Å². The van der Waals surface area contributed by atoms with Crippen LogP contribution < -0.4 is 0 Å². The lowest BCUT2D eigenvalue weighted by Gasteiger charge is -2.01. The van der Waals surface area contributed by atoms with Crippen molar-refractivity contribution in [3.63, 3.8) is 0 Å². The first-order chi connectivity index (χ1) is 6.72. The lowest BCUT2D eigenvalue weighted by Crippen LogP contribution is -2.05. The predicted molar refractivity (Wildman–Crippen MR) is 47.9 cm³/mol. The summed E-state index contributed by atoms with van der Waals surface area (Å²) >= 11 is 0. The summed E-state index contributed by atoms with van der Waals surface area (Å²) in [6.45, 7) is 0. The molecule has 0 atom stereocenters. The number of hydrogen-bond acceptors (Lipinski definition) is 4. The van der Waals surface area contributed by atoms with E-state index in [1.807, 2.05) is 6.07 Å². The molecule has 4 heteroatoms. The molecule has 14 heavy (non-hydrogen) atoms. The second-order valence-electron chi connectivity index (χ2n) is 2.52. The number of hydrogen-bond donors (Lipinski definition) is 0. The van der Waals surface area contributed by atoms with Gasteiger partial charge in [-0.2, -0.15) is 5.26 Å². The van der Waals surface area contributed by atoms with E-state index >= 15 is 0 Å². The number of benzene rings is 1. The molecule has 0 unspecified atom stereocenters. The van der Waals surface area contributed by atoms with Gasteiger partial charge >= 0.3 is 5.97 Å². The van der Waals surface area contributed by atoms with E-state index < -0.39 is 5.97 Å². The van der Waals surface area contributed by atoms with Crippen LogP contribution in [0.2, 0.25) is 0 Å². The SMILES string of the molecule is COC(=O)c1ccc(C#N)cc1C=O. The molecule has 0 bridgehead atoms. The van der Waals surface area contributed by atoms with Crippen molar-refractivity contribution < 1.29 is 14.3 Å². The van der Waals surface area contributed by atoms with Gasteiger partial charge in [-0.1, -0.05) is 0 Å². The van der Waals surface area contributed by atoms with Crippen LogP contribution in [0.3, 0.4) is 0 Å². The summed E-state index contributed by atoms with van der Waals surface area (Å²) in [7, 11) is 1.23. The zero-order valence-corrected chi connectivity index (χ0v) is 7.48. The third kappa shape index (κ3) is 1.77. The minimum Gasteiger partial charge on any atom is -0.465 e. The summed E-state index contributed by atoms with van der Waals surface area (Å²) in [5.74, 6) is -0.586. The first-order valence-electron chi connectivity index (χ1n) is 3.80. The Balaban J connectivity index is 3.26. The Hall–Kier alpha value is -2.15. The fourth-order valence-corrected chi connectivity index (χ4v) is 1.03. The van der Waals surface area contributed by atoms with Crippen LogP contribution in [0.15, 0.2) is 18.2 Å². The monoisotopic (exact) mass is 189 g/mol. The van der Waals surface area contributed by atoms with Gasteiger partial charge in [-0.3, -0.25) is 4.79 Å². The molecule has 0 heterocycles. The Bertz CT molecular complexity index is 418. The van der Waals surface area contributed by atoms with Crippen LogP contribution in [0.5, 0.6) is 0 Å². The molecule has 0 saturated carbocycles. The summed E-state index contributed by atoms with van der Waals surface area (Å²) in [6.07, 6.45) is 0.521. The molecule has 0 saturated heterocycles. The number of esters is 1. The molecule has 1 aromatic rings. The van der Waals surface area contributed by atoms with Crippen molar-refractivity contribution in [1.29, 1.82) is 5.26 Å². The molecule has 0 aliphatic rings. The molecule has 0 spiro atoms. The van der Waals surface area contributed by atoms with E-state index in [0.717, 1.165) is 0 Å². The van der Waals surface area contributed by atoms with Crippen LogP contribution in [0.4, 0.5) is 0 Å². The van der Waals surface area contributed by atoms with E-state index in [2.05, 4.69) is 4.74 Å². The van der Waals surface area contributed by atoms with Gasteiger partial charge < -0.3 is 4.74 Å². The predicted octanol–water partition coefficient (Wildman–Crippen LogP) is 1.16. The first kappa shape index (κ1) is 9.93. The highest BCUT2D eigenvalue weighted by Gasteiger charge is 2.11. The van der Waals surface area contributed by atoms with Gasteiger partial charge in [0, 0.05) is 5.56 Å². The summed E-state index contributed by atoms with van der Waals surface area (Å²) < 4.78 is 4.47. The van der Waals surface area contributed by atoms with Gasteiger partial charge in [-0.15, -0.1) is 0 Å². The van der Waals surface area contributed by atoms with Gasteiger partial charge in [0.05, 0.1) is 24.3 Å². The zero-order valence-electron chi connectivity index (χ0n) is 7.48. The highest BCUT2D eigenvalue weighted by Crippen LogP contribution is 2.10. The van der Waals surface area contributed by atoms with Crippen LogP contribution in [0.1, 0.15) is 26.3 Å². The minimum atomic E-state index is -0.586. The molecule has 0 N–H and O–H groups in total. The fourth-order valence-electron chi connectivity index (χ4n) is 1.03. The average molecular weight is 189 g/mol. The third-order valence-corrected chi connectivity index (χ3v) is 1.71. The van der Waals surface area contributed by atoms with Crippen molar-refractivity contribution in [2.75, 3.05) is 7.11 Å². The van der Waals surface area contributed by atoms with Gasteiger partial charge in [0.15, 0.2) is 6.29 Å². The number of ether oxygens (including phenoxy) is 1. The third-order valence-electron chi connectivity index (χ3n) is 1.71. The molecule has 70 valence electrons. The van der Waals surface area contributed by atoms with E-state index in [0.29, 0.717) is 11.8 Å². The quantitative estimate of drug-likeness (QED) is 0.517.